The number of carboxylic acid groups (broad SMARTS) is 2. The minimum Gasteiger partial charge on any atom is -0.473 e. The molecule has 204 valence electrons. The van der Waals surface area contributed by atoms with Gasteiger partial charge in [-0.3, -0.25) is 19.7 Å². The number of carbonyl (C=O) groups excluding carboxylic acids is 3. The van der Waals surface area contributed by atoms with E-state index in [0.29, 0.717) is 27.7 Å². The number of carbonyl (C=O) groups is 5. The first kappa shape index (κ1) is 31.0. The highest BCUT2D eigenvalue weighted by atomic mass is 35.5. The van der Waals surface area contributed by atoms with Crippen molar-refractivity contribution in [3.63, 3.8) is 0 Å². The minimum absolute atomic E-state index is 0.172. The molecule has 0 fully saturated rings. The zero-order chi connectivity index (χ0) is 29.1. The fourth-order valence-corrected chi connectivity index (χ4v) is 3.74. The Morgan fingerprint density at radius 2 is 1.46 bits per heavy atom. The number of anilines is 1. The summed E-state index contributed by atoms with van der Waals surface area (Å²) in [7, 11) is 1.64. The fraction of sp³-hybridized carbons (Fsp3) is 0.148. The molecule has 0 heterocycles. The van der Waals surface area contributed by atoms with Gasteiger partial charge in [0.15, 0.2) is 5.78 Å². The standard InChI is InChI=1S/C25H23Cl2N3O3.C2H2O4/c1-30(15-23(31)29-25(33)21(28)13-16-7-3-2-4-8-16)22-12-11-17(26)14-19(22)24(32)18-9-5-6-10-20(18)27;3-1(4)2(5)6/h2-12,14,21H,13,15,28H2,1H3,(H,29,31,33);(H,3,4)(H,5,6)/t21-;/m0./s1. The lowest BCUT2D eigenvalue weighted by atomic mass is 10.0. The van der Waals surface area contributed by atoms with Gasteiger partial charge in [0.2, 0.25) is 11.8 Å². The van der Waals surface area contributed by atoms with Gasteiger partial charge in [-0.2, -0.15) is 0 Å². The lowest BCUT2D eigenvalue weighted by Gasteiger charge is -2.22. The zero-order valence-corrected chi connectivity index (χ0v) is 22.1. The summed E-state index contributed by atoms with van der Waals surface area (Å²) in [4.78, 5) is 57.8. The minimum atomic E-state index is -1.82. The average molecular weight is 574 g/mol. The van der Waals surface area contributed by atoms with Gasteiger partial charge in [-0.05, 0) is 42.3 Å². The Labute approximate surface area is 233 Å². The number of benzene rings is 3. The summed E-state index contributed by atoms with van der Waals surface area (Å²) in [5.41, 5.74) is 7.93. The summed E-state index contributed by atoms with van der Waals surface area (Å²) < 4.78 is 0. The Morgan fingerprint density at radius 1 is 0.872 bits per heavy atom. The Morgan fingerprint density at radius 3 is 2.05 bits per heavy atom. The molecule has 10 nitrogen and oxygen atoms in total. The molecule has 0 unspecified atom stereocenters. The van der Waals surface area contributed by atoms with Crippen LogP contribution in [0.2, 0.25) is 10.0 Å². The number of nitrogens with one attached hydrogen (secondary N) is 1. The SMILES string of the molecule is CN(CC(=O)NC(=O)[C@@H](N)Cc1ccccc1)c1ccc(Cl)cc1C(=O)c1ccccc1Cl.O=C(O)C(=O)O. The molecule has 3 aromatic carbocycles. The molecule has 0 spiro atoms. The molecule has 0 aliphatic carbocycles. The van der Waals surface area contributed by atoms with E-state index < -0.39 is 29.8 Å². The van der Waals surface area contributed by atoms with E-state index in [4.69, 9.17) is 48.7 Å². The molecule has 2 amide bonds. The average Bonchev–Trinajstić information content (AvgIpc) is 2.89. The molecule has 1 atom stereocenters. The monoisotopic (exact) mass is 573 g/mol. The number of rotatable bonds is 8. The largest absolute Gasteiger partial charge is 0.473 e. The third-order valence-corrected chi connectivity index (χ3v) is 5.76. The van der Waals surface area contributed by atoms with Crippen molar-refractivity contribution >= 4 is 58.4 Å². The number of nitrogens with two attached hydrogens (primary N) is 1. The second kappa shape index (κ2) is 14.6. The fourth-order valence-electron chi connectivity index (χ4n) is 3.34. The van der Waals surface area contributed by atoms with Crippen molar-refractivity contribution in [1.29, 1.82) is 0 Å². The maximum Gasteiger partial charge on any atom is 0.414 e. The number of likely N-dealkylation sites (N-methyl/N-ethyl adjacent to an activating group) is 1. The van der Waals surface area contributed by atoms with E-state index in [1.807, 2.05) is 30.3 Å². The van der Waals surface area contributed by atoms with Crippen LogP contribution in [0.15, 0.2) is 72.8 Å². The third-order valence-electron chi connectivity index (χ3n) is 5.19. The van der Waals surface area contributed by atoms with Crippen molar-refractivity contribution in [3.05, 3.63) is 99.5 Å². The molecular formula is C27H25Cl2N3O7. The molecule has 12 heteroatoms. The smallest absolute Gasteiger partial charge is 0.414 e. The molecule has 3 rings (SSSR count). The van der Waals surface area contributed by atoms with Gasteiger partial charge in [-0.1, -0.05) is 65.7 Å². The van der Waals surface area contributed by atoms with Crippen LogP contribution in [0.4, 0.5) is 5.69 Å². The highest BCUT2D eigenvalue weighted by Gasteiger charge is 2.22. The number of hydrogen-bond acceptors (Lipinski definition) is 7. The van der Waals surface area contributed by atoms with Crippen LogP contribution < -0.4 is 16.0 Å². The topological polar surface area (TPSA) is 167 Å². The quantitative estimate of drug-likeness (QED) is 0.234. The molecule has 0 saturated carbocycles. The molecule has 0 aromatic heterocycles. The van der Waals surface area contributed by atoms with Crippen molar-refractivity contribution in [2.24, 2.45) is 5.73 Å². The molecular weight excluding hydrogens is 549 g/mol. The summed E-state index contributed by atoms with van der Waals surface area (Å²) in [6.07, 6.45) is 0.309. The molecule has 0 bridgehead atoms. The number of aliphatic carboxylic acids is 2. The molecule has 0 aliphatic rings. The Kier molecular flexibility index (Phi) is 11.6. The number of ketones is 1. The van der Waals surface area contributed by atoms with Gasteiger partial charge in [0.25, 0.3) is 0 Å². The van der Waals surface area contributed by atoms with Gasteiger partial charge in [-0.15, -0.1) is 0 Å². The molecule has 3 aromatic rings. The van der Waals surface area contributed by atoms with Gasteiger partial charge in [0, 0.05) is 28.9 Å². The van der Waals surface area contributed by atoms with Crippen LogP contribution in [0.25, 0.3) is 0 Å². The number of halogens is 2. The normalized spacial score (nSPS) is 10.9. The van der Waals surface area contributed by atoms with Crippen LogP contribution in [0, 0.1) is 0 Å². The van der Waals surface area contributed by atoms with E-state index in [9.17, 15) is 14.4 Å². The summed E-state index contributed by atoms with van der Waals surface area (Å²) in [6, 6.07) is 19.9. The Bertz CT molecular complexity index is 1350. The third kappa shape index (κ3) is 9.53. The number of carboxylic acids is 2. The first-order chi connectivity index (χ1) is 18.4. The van der Waals surface area contributed by atoms with Crippen LogP contribution in [0.5, 0.6) is 0 Å². The summed E-state index contributed by atoms with van der Waals surface area (Å²) in [5, 5.41) is 17.8. The van der Waals surface area contributed by atoms with Crippen LogP contribution >= 0.6 is 23.2 Å². The predicted octanol–water partition coefficient (Wildman–Crippen LogP) is 3.03. The second-order valence-electron chi connectivity index (χ2n) is 8.15. The first-order valence-electron chi connectivity index (χ1n) is 11.3. The maximum absolute atomic E-state index is 13.1. The van der Waals surface area contributed by atoms with Gasteiger partial charge in [0.1, 0.15) is 0 Å². The number of nitrogens with zero attached hydrogens (tertiary/aromatic N) is 1. The number of imide groups is 1. The van der Waals surface area contributed by atoms with Gasteiger partial charge < -0.3 is 20.8 Å². The van der Waals surface area contributed by atoms with E-state index in [2.05, 4.69) is 5.32 Å². The molecule has 0 saturated heterocycles. The van der Waals surface area contributed by atoms with E-state index in [1.165, 1.54) is 6.07 Å². The molecule has 0 aliphatic heterocycles. The molecule has 0 radical (unpaired) electrons. The van der Waals surface area contributed by atoms with Crippen LogP contribution in [0.3, 0.4) is 0 Å². The Balaban J connectivity index is 0.000000798. The van der Waals surface area contributed by atoms with Crippen LogP contribution in [-0.4, -0.2) is 59.4 Å². The van der Waals surface area contributed by atoms with Crippen molar-refractivity contribution in [2.45, 2.75) is 12.5 Å². The van der Waals surface area contributed by atoms with Gasteiger partial charge >= 0.3 is 11.9 Å². The number of amides is 2. The Hall–Kier alpha value is -4.25. The zero-order valence-electron chi connectivity index (χ0n) is 20.6. The number of hydrogen-bond donors (Lipinski definition) is 4. The van der Waals surface area contributed by atoms with E-state index in [0.717, 1.165) is 5.56 Å². The highest BCUT2D eigenvalue weighted by molar-refractivity contribution is 6.36. The van der Waals surface area contributed by atoms with Crippen LogP contribution in [0.1, 0.15) is 21.5 Å². The van der Waals surface area contributed by atoms with E-state index in [-0.39, 0.29) is 17.9 Å². The van der Waals surface area contributed by atoms with Gasteiger partial charge in [0.05, 0.1) is 17.6 Å². The molecule has 39 heavy (non-hydrogen) atoms. The van der Waals surface area contributed by atoms with Gasteiger partial charge in [-0.25, -0.2) is 9.59 Å². The maximum atomic E-state index is 13.1. The van der Waals surface area contributed by atoms with Crippen molar-refractivity contribution in [3.8, 4) is 0 Å². The van der Waals surface area contributed by atoms with E-state index >= 15 is 0 Å². The molecule has 5 N–H and O–H groups in total. The van der Waals surface area contributed by atoms with Crippen LogP contribution in [-0.2, 0) is 25.6 Å². The van der Waals surface area contributed by atoms with Crippen molar-refractivity contribution < 1.29 is 34.2 Å². The second-order valence-corrected chi connectivity index (χ2v) is 8.99. The van der Waals surface area contributed by atoms with E-state index in [1.54, 1.807) is 48.3 Å². The summed E-state index contributed by atoms with van der Waals surface area (Å²) in [5.74, 6) is -5.09. The first-order valence-corrected chi connectivity index (χ1v) is 12.1. The predicted molar refractivity (Wildman–Crippen MR) is 146 cm³/mol. The lowest BCUT2D eigenvalue weighted by Crippen LogP contribution is -2.47. The lowest BCUT2D eigenvalue weighted by molar-refractivity contribution is -0.159. The highest BCUT2D eigenvalue weighted by Crippen LogP contribution is 2.28. The summed E-state index contributed by atoms with van der Waals surface area (Å²) >= 11 is 12.3. The summed E-state index contributed by atoms with van der Waals surface area (Å²) in [6.45, 7) is -0.172. The van der Waals surface area contributed by atoms with Crippen molar-refractivity contribution in [1.82, 2.24) is 5.32 Å². The van der Waals surface area contributed by atoms with Crippen molar-refractivity contribution in [2.75, 3.05) is 18.5 Å².